The lowest BCUT2D eigenvalue weighted by atomic mass is 10.0. The molecule has 2 saturated heterocycles. The van der Waals surface area contributed by atoms with Crippen molar-refractivity contribution in [1.29, 1.82) is 0 Å². The van der Waals surface area contributed by atoms with Crippen molar-refractivity contribution >= 4 is 17.5 Å². The smallest absolute Gasteiger partial charge is 0.389 e. The number of piperidine rings is 1. The molecule has 0 bridgehead atoms. The van der Waals surface area contributed by atoms with E-state index in [0.29, 0.717) is 44.3 Å². The first kappa shape index (κ1) is 28.7. The number of aliphatic hydroxyl groups is 1. The van der Waals surface area contributed by atoms with Crippen molar-refractivity contribution in [2.75, 3.05) is 36.0 Å². The number of hydrogen-bond donors (Lipinski definition) is 2. The molecule has 1 amide bonds. The first-order chi connectivity index (χ1) is 21.2. The van der Waals surface area contributed by atoms with Crippen molar-refractivity contribution in [1.82, 2.24) is 25.1 Å². The summed E-state index contributed by atoms with van der Waals surface area (Å²) in [6.45, 7) is 1.34. The number of alkyl halides is 3. The zero-order valence-electron chi connectivity index (χ0n) is 23.8. The molecular formula is C30H32F3N7O4. The molecule has 2 aromatic heterocycles. The number of rotatable bonds is 7. The summed E-state index contributed by atoms with van der Waals surface area (Å²) in [4.78, 5) is 39.7. The van der Waals surface area contributed by atoms with Crippen LogP contribution in [-0.2, 0) is 22.3 Å². The quantitative estimate of drug-likeness (QED) is 0.415. The first-order valence-corrected chi connectivity index (χ1v) is 14.9. The number of halogens is 3. The lowest BCUT2D eigenvalue weighted by molar-refractivity contribution is -0.141. The van der Waals surface area contributed by atoms with Crippen LogP contribution in [0.4, 0.5) is 24.8 Å². The highest BCUT2D eigenvalue weighted by molar-refractivity contribution is 5.83. The van der Waals surface area contributed by atoms with Gasteiger partial charge in [-0.1, -0.05) is 24.3 Å². The predicted octanol–water partition coefficient (Wildman–Crippen LogP) is 2.77. The van der Waals surface area contributed by atoms with Crippen LogP contribution in [0.5, 0.6) is 0 Å². The Kier molecular flexibility index (Phi) is 7.28. The molecule has 0 radical (unpaired) electrons. The second-order valence-electron chi connectivity index (χ2n) is 11.9. The normalized spacial score (nSPS) is 25.5. The zero-order valence-corrected chi connectivity index (χ0v) is 23.8. The Balaban J connectivity index is 1.03. The molecule has 11 nitrogen and oxygen atoms in total. The van der Waals surface area contributed by atoms with Crippen molar-refractivity contribution in [3.8, 4) is 0 Å². The van der Waals surface area contributed by atoms with Crippen molar-refractivity contribution in [3.63, 3.8) is 0 Å². The monoisotopic (exact) mass is 611 g/mol. The molecule has 4 aliphatic rings. The van der Waals surface area contributed by atoms with Gasteiger partial charge in [0, 0.05) is 45.0 Å². The van der Waals surface area contributed by atoms with E-state index < -0.39 is 41.6 Å². The molecule has 14 heteroatoms. The maximum absolute atomic E-state index is 13.9. The fourth-order valence-corrected chi connectivity index (χ4v) is 6.73. The molecule has 3 aromatic rings. The summed E-state index contributed by atoms with van der Waals surface area (Å²) in [6, 6.07) is 6.16. The first-order valence-electron chi connectivity index (χ1n) is 14.9. The van der Waals surface area contributed by atoms with Gasteiger partial charge in [-0.2, -0.15) is 18.3 Å². The van der Waals surface area contributed by atoms with Crippen LogP contribution >= 0.6 is 0 Å². The zero-order chi connectivity index (χ0) is 30.6. The van der Waals surface area contributed by atoms with E-state index in [1.165, 1.54) is 4.90 Å². The number of anilines is 2. The highest BCUT2D eigenvalue weighted by Crippen LogP contribution is 2.43. The molecule has 3 aliphatic heterocycles. The van der Waals surface area contributed by atoms with Crippen LogP contribution in [0, 0.1) is 0 Å². The van der Waals surface area contributed by atoms with Crippen LogP contribution in [0.2, 0.25) is 0 Å². The Hall–Kier alpha value is -4.04. The third-order valence-corrected chi connectivity index (χ3v) is 9.14. The maximum Gasteiger partial charge on any atom is 0.423 e. The van der Waals surface area contributed by atoms with Crippen LogP contribution in [0.1, 0.15) is 59.9 Å². The maximum atomic E-state index is 13.9. The van der Waals surface area contributed by atoms with E-state index in [-0.39, 0.29) is 24.7 Å². The number of aromatic amines is 1. The summed E-state index contributed by atoms with van der Waals surface area (Å²) in [5.41, 5.74) is -0.284. The van der Waals surface area contributed by atoms with Crippen LogP contribution in [-0.4, -0.2) is 80.6 Å². The van der Waals surface area contributed by atoms with E-state index in [2.05, 4.69) is 15.1 Å². The molecule has 1 aliphatic carbocycles. The van der Waals surface area contributed by atoms with E-state index in [4.69, 9.17) is 4.74 Å². The van der Waals surface area contributed by atoms with Gasteiger partial charge >= 0.3 is 6.18 Å². The van der Waals surface area contributed by atoms with Crippen LogP contribution in [0.3, 0.4) is 0 Å². The van der Waals surface area contributed by atoms with Crippen molar-refractivity contribution in [2.45, 2.75) is 68.6 Å². The number of nitrogens with one attached hydrogen (secondary N) is 1. The standard InChI is InChI=1S/C30H32F3N7O4/c31-30(32,33)26-22(13-36-37-27(26)42)40-14-18-3-1-2-4-20(18)23(40)16-44-25-8-10-39(28(25)43)21-7-9-38(15-24(21)41)29-34-11-19(12-35-29)17-5-6-17/h1-4,11-13,17,21,23-25,41H,5-10,14-16H2,(H,37,42)/t21-,23?,24-,25-/m1/s1. The van der Waals surface area contributed by atoms with Gasteiger partial charge in [-0.15, -0.1) is 0 Å². The Bertz CT molecular complexity index is 1600. The van der Waals surface area contributed by atoms with Gasteiger partial charge in [0.25, 0.3) is 11.5 Å². The third-order valence-electron chi connectivity index (χ3n) is 9.14. The number of likely N-dealkylation sites (tertiary alicyclic amines) is 1. The van der Waals surface area contributed by atoms with E-state index in [0.717, 1.165) is 35.7 Å². The van der Waals surface area contributed by atoms with E-state index in [1.807, 2.05) is 34.5 Å². The van der Waals surface area contributed by atoms with Gasteiger partial charge < -0.3 is 24.5 Å². The number of carbonyl (C=O) groups excluding carboxylic acids is 1. The summed E-state index contributed by atoms with van der Waals surface area (Å²) >= 11 is 0. The van der Waals surface area contributed by atoms with E-state index >= 15 is 0 Å². The molecule has 7 rings (SSSR count). The van der Waals surface area contributed by atoms with Gasteiger partial charge in [0.05, 0.1) is 36.7 Å². The Morgan fingerprint density at radius 3 is 2.50 bits per heavy atom. The van der Waals surface area contributed by atoms with Gasteiger partial charge in [0.2, 0.25) is 5.95 Å². The molecule has 4 atom stereocenters. The lowest BCUT2D eigenvalue weighted by Gasteiger charge is -2.40. The minimum absolute atomic E-state index is 0.0689. The fraction of sp³-hybridized carbons (Fsp3) is 0.500. The van der Waals surface area contributed by atoms with Gasteiger partial charge in [-0.3, -0.25) is 9.59 Å². The summed E-state index contributed by atoms with van der Waals surface area (Å²) in [6.07, 6.45) is 1.47. The number of hydrogen-bond acceptors (Lipinski definition) is 9. The summed E-state index contributed by atoms with van der Waals surface area (Å²) in [5.74, 6) is 0.867. The number of H-pyrrole nitrogens is 1. The molecule has 3 fully saturated rings. The molecular weight excluding hydrogens is 579 g/mol. The van der Waals surface area contributed by atoms with Crippen molar-refractivity contribution < 1.29 is 27.8 Å². The minimum Gasteiger partial charge on any atom is -0.389 e. The molecule has 1 unspecified atom stereocenters. The molecule has 44 heavy (non-hydrogen) atoms. The third kappa shape index (κ3) is 5.30. The topological polar surface area (TPSA) is 128 Å². The molecule has 1 saturated carbocycles. The molecule has 232 valence electrons. The van der Waals surface area contributed by atoms with E-state index in [1.54, 1.807) is 17.0 Å². The second kappa shape index (κ2) is 11.1. The largest absolute Gasteiger partial charge is 0.423 e. The average molecular weight is 612 g/mol. The number of amides is 1. The van der Waals surface area contributed by atoms with Crippen LogP contribution < -0.4 is 15.4 Å². The number of β-amino-alcohol motifs (C(OH)–C–C–N with tert-alkyl or cyclic N) is 1. The predicted molar refractivity (Wildman–Crippen MR) is 152 cm³/mol. The Labute approximate surface area is 250 Å². The van der Waals surface area contributed by atoms with Gasteiger partial charge in [-0.05, 0) is 41.9 Å². The highest BCUT2D eigenvalue weighted by atomic mass is 19.4. The van der Waals surface area contributed by atoms with E-state index in [9.17, 15) is 27.9 Å². The highest BCUT2D eigenvalue weighted by Gasteiger charge is 2.44. The minimum atomic E-state index is -4.89. The second-order valence-corrected chi connectivity index (χ2v) is 11.9. The SMILES string of the molecule is O=C1[C@H](OCC2c3ccccc3CN2c2cn[nH]c(=O)c2C(F)(F)F)CCN1[C@@H]1CCN(c2ncc(C3CC3)cn2)C[C@H]1O. The van der Waals surface area contributed by atoms with Gasteiger partial charge in [0.15, 0.2) is 0 Å². The average Bonchev–Trinajstić information content (AvgIpc) is 3.70. The molecule has 2 N–H and O–H groups in total. The number of aromatic nitrogens is 4. The molecule has 1 aromatic carbocycles. The number of ether oxygens (including phenoxy) is 1. The van der Waals surface area contributed by atoms with Crippen LogP contribution in [0.15, 0.2) is 47.7 Å². The number of nitrogens with zero attached hydrogens (tertiary/aromatic N) is 6. The Morgan fingerprint density at radius 1 is 1.00 bits per heavy atom. The molecule has 0 spiro atoms. The summed E-state index contributed by atoms with van der Waals surface area (Å²) < 4.78 is 47.9. The van der Waals surface area contributed by atoms with Gasteiger partial charge in [0.1, 0.15) is 11.7 Å². The summed E-state index contributed by atoms with van der Waals surface area (Å²) in [7, 11) is 0. The Morgan fingerprint density at radius 2 is 1.77 bits per heavy atom. The fourth-order valence-electron chi connectivity index (χ4n) is 6.73. The van der Waals surface area contributed by atoms with Gasteiger partial charge in [-0.25, -0.2) is 15.1 Å². The lowest BCUT2D eigenvalue weighted by Crippen LogP contribution is -2.55. The number of carbonyl (C=O) groups is 1. The summed E-state index contributed by atoms with van der Waals surface area (Å²) in [5, 5.41) is 16.6. The van der Waals surface area contributed by atoms with Crippen LogP contribution in [0.25, 0.3) is 0 Å². The number of aliphatic hydroxyl groups excluding tert-OH is 1. The number of benzene rings is 1. The van der Waals surface area contributed by atoms with Crippen molar-refractivity contribution in [3.05, 3.63) is 75.5 Å². The molecule has 5 heterocycles. The van der Waals surface area contributed by atoms with Crippen molar-refractivity contribution in [2.24, 2.45) is 0 Å². The number of fused-ring (bicyclic) bond motifs is 1.